The van der Waals surface area contributed by atoms with E-state index in [0.29, 0.717) is 5.92 Å². The molecule has 0 aromatic heterocycles. The van der Waals surface area contributed by atoms with Crippen molar-refractivity contribution in [3.05, 3.63) is 58.7 Å². The van der Waals surface area contributed by atoms with Crippen LogP contribution in [0.5, 0.6) is 11.5 Å². The third-order valence-corrected chi connectivity index (χ3v) is 4.54. The van der Waals surface area contributed by atoms with Crippen molar-refractivity contribution in [3.63, 3.8) is 0 Å². The van der Waals surface area contributed by atoms with Gasteiger partial charge in [0.2, 0.25) is 0 Å². The van der Waals surface area contributed by atoms with Crippen LogP contribution < -0.4 is 0 Å². The fourth-order valence-corrected chi connectivity index (χ4v) is 2.81. The number of aromatic hydroxyl groups is 2. The Morgan fingerprint density at radius 1 is 0.783 bits per heavy atom. The molecule has 2 nitrogen and oxygen atoms in total. The van der Waals surface area contributed by atoms with Crippen molar-refractivity contribution in [2.75, 3.05) is 0 Å². The quantitative estimate of drug-likeness (QED) is 0.766. The fraction of sp³-hybridized carbons (Fsp3) is 0.429. The minimum Gasteiger partial charge on any atom is -0.508 e. The number of phenols is 2. The van der Waals surface area contributed by atoms with E-state index in [9.17, 15) is 10.2 Å². The number of rotatable bonds is 3. The highest BCUT2D eigenvalue weighted by Gasteiger charge is 2.21. The lowest BCUT2D eigenvalue weighted by Gasteiger charge is -2.23. The Bertz CT molecular complexity index is 693. The van der Waals surface area contributed by atoms with Crippen molar-refractivity contribution in [3.8, 4) is 11.5 Å². The van der Waals surface area contributed by atoms with Crippen molar-refractivity contribution in [1.82, 2.24) is 0 Å². The zero-order valence-corrected chi connectivity index (χ0v) is 15.0. The molecular weight excluding hydrogens is 284 g/mol. The smallest absolute Gasteiger partial charge is 0.119 e. The van der Waals surface area contributed by atoms with Crippen molar-refractivity contribution in [2.45, 2.75) is 58.8 Å². The Labute approximate surface area is 139 Å². The number of benzene rings is 2. The Kier molecular flexibility index (Phi) is 4.74. The molecule has 0 radical (unpaired) electrons. The Morgan fingerprint density at radius 2 is 1.30 bits per heavy atom. The summed E-state index contributed by atoms with van der Waals surface area (Å²) in [6.07, 6.45) is 0. The van der Waals surface area contributed by atoms with Gasteiger partial charge >= 0.3 is 0 Å². The summed E-state index contributed by atoms with van der Waals surface area (Å²) in [5, 5.41) is 20.6. The summed E-state index contributed by atoms with van der Waals surface area (Å²) in [7, 11) is 0. The Morgan fingerprint density at radius 3 is 1.83 bits per heavy atom. The molecule has 0 aliphatic carbocycles. The van der Waals surface area contributed by atoms with Crippen LogP contribution in [0.1, 0.15) is 75.6 Å². The van der Waals surface area contributed by atoms with E-state index < -0.39 is 0 Å². The van der Waals surface area contributed by atoms with Gasteiger partial charge in [-0.2, -0.15) is 0 Å². The van der Waals surface area contributed by atoms with Gasteiger partial charge in [0.25, 0.3) is 0 Å². The number of phenolic OH excluding ortho intramolecular Hbond substituents is 2. The number of hydrogen-bond donors (Lipinski definition) is 2. The first-order chi connectivity index (χ1) is 10.6. The topological polar surface area (TPSA) is 40.5 Å². The van der Waals surface area contributed by atoms with E-state index in [1.807, 2.05) is 25.1 Å². The molecule has 0 fully saturated rings. The van der Waals surface area contributed by atoms with Crippen molar-refractivity contribution in [1.29, 1.82) is 0 Å². The fourth-order valence-electron chi connectivity index (χ4n) is 2.81. The van der Waals surface area contributed by atoms with Gasteiger partial charge in [-0.15, -0.1) is 0 Å². The van der Waals surface area contributed by atoms with Gasteiger partial charge < -0.3 is 10.2 Å². The zero-order chi connectivity index (χ0) is 17.4. The summed E-state index contributed by atoms with van der Waals surface area (Å²) in [6, 6.07) is 11.6. The van der Waals surface area contributed by atoms with Crippen LogP contribution in [-0.2, 0) is 5.41 Å². The first-order valence-electron chi connectivity index (χ1n) is 8.27. The van der Waals surface area contributed by atoms with Crippen LogP contribution in [0, 0.1) is 0 Å². The predicted octanol–water partition coefficient (Wildman–Crippen LogP) is 5.67. The third-order valence-electron chi connectivity index (χ3n) is 4.54. The zero-order valence-electron chi connectivity index (χ0n) is 15.0. The lowest BCUT2D eigenvalue weighted by molar-refractivity contribution is 0.455. The molecule has 0 bridgehead atoms. The van der Waals surface area contributed by atoms with Crippen LogP contribution in [0.2, 0.25) is 0 Å². The SMILES string of the molecule is CC(C)c1ccc(O)c(C(C)c2cc(C(C)(C)C)ccc2O)c1. The second-order valence-corrected chi connectivity index (χ2v) is 7.72. The minimum absolute atomic E-state index is 0.0179. The third kappa shape index (κ3) is 3.69. The summed E-state index contributed by atoms with van der Waals surface area (Å²) in [5.74, 6) is 0.884. The molecule has 23 heavy (non-hydrogen) atoms. The molecule has 1 atom stereocenters. The van der Waals surface area contributed by atoms with E-state index in [0.717, 1.165) is 11.1 Å². The lowest BCUT2D eigenvalue weighted by Crippen LogP contribution is -2.12. The normalized spacial score (nSPS) is 13.3. The Hall–Kier alpha value is -1.96. The summed E-state index contributed by atoms with van der Waals surface area (Å²) in [6.45, 7) is 12.8. The lowest BCUT2D eigenvalue weighted by atomic mass is 9.82. The molecule has 2 heteroatoms. The van der Waals surface area contributed by atoms with E-state index in [4.69, 9.17) is 0 Å². The van der Waals surface area contributed by atoms with Gasteiger partial charge in [0.15, 0.2) is 0 Å². The molecule has 0 saturated heterocycles. The standard InChI is InChI=1S/C21H28O2/c1-13(2)15-7-9-19(22)17(11-15)14(3)18-12-16(21(4,5)6)8-10-20(18)23/h7-14,22-23H,1-6H3. The van der Waals surface area contributed by atoms with E-state index >= 15 is 0 Å². The average molecular weight is 312 g/mol. The summed E-state index contributed by atoms with van der Waals surface area (Å²) >= 11 is 0. The number of hydrogen-bond acceptors (Lipinski definition) is 2. The van der Waals surface area contributed by atoms with Crippen LogP contribution in [0.4, 0.5) is 0 Å². The van der Waals surface area contributed by atoms with Crippen molar-refractivity contribution in [2.24, 2.45) is 0 Å². The Balaban J connectivity index is 2.52. The van der Waals surface area contributed by atoms with Crippen LogP contribution in [0.25, 0.3) is 0 Å². The van der Waals surface area contributed by atoms with Gasteiger partial charge in [0.1, 0.15) is 11.5 Å². The van der Waals surface area contributed by atoms with E-state index in [1.165, 1.54) is 11.1 Å². The molecule has 0 saturated carbocycles. The highest BCUT2D eigenvalue weighted by molar-refractivity contribution is 5.49. The van der Waals surface area contributed by atoms with Gasteiger partial charge in [0, 0.05) is 17.0 Å². The summed E-state index contributed by atoms with van der Waals surface area (Å²) < 4.78 is 0. The summed E-state index contributed by atoms with van der Waals surface area (Å²) in [4.78, 5) is 0. The maximum atomic E-state index is 10.3. The molecule has 124 valence electrons. The van der Waals surface area contributed by atoms with Crippen LogP contribution in [-0.4, -0.2) is 10.2 Å². The molecule has 2 aromatic carbocycles. The molecule has 0 aliphatic heterocycles. The van der Waals surface area contributed by atoms with Crippen molar-refractivity contribution < 1.29 is 10.2 Å². The first-order valence-corrected chi connectivity index (χ1v) is 8.27. The van der Waals surface area contributed by atoms with Gasteiger partial charge in [-0.25, -0.2) is 0 Å². The molecule has 2 N–H and O–H groups in total. The van der Waals surface area contributed by atoms with E-state index in [1.54, 1.807) is 12.1 Å². The summed E-state index contributed by atoms with van der Waals surface area (Å²) in [5.41, 5.74) is 4.10. The monoisotopic (exact) mass is 312 g/mol. The second kappa shape index (κ2) is 6.27. The molecule has 2 aromatic rings. The van der Waals surface area contributed by atoms with Gasteiger partial charge in [0.05, 0.1) is 0 Å². The first kappa shape index (κ1) is 17.4. The van der Waals surface area contributed by atoms with Gasteiger partial charge in [-0.05, 0) is 34.6 Å². The largest absolute Gasteiger partial charge is 0.508 e. The highest BCUT2D eigenvalue weighted by Crippen LogP contribution is 2.38. The van der Waals surface area contributed by atoms with Crippen LogP contribution in [0.15, 0.2) is 36.4 Å². The van der Waals surface area contributed by atoms with Gasteiger partial charge in [-0.1, -0.05) is 65.8 Å². The highest BCUT2D eigenvalue weighted by atomic mass is 16.3. The average Bonchev–Trinajstić information content (AvgIpc) is 2.46. The minimum atomic E-state index is -0.0731. The van der Waals surface area contributed by atoms with Gasteiger partial charge in [-0.3, -0.25) is 0 Å². The molecular formula is C21H28O2. The second-order valence-electron chi connectivity index (χ2n) is 7.72. The maximum absolute atomic E-state index is 10.3. The van der Waals surface area contributed by atoms with Crippen molar-refractivity contribution >= 4 is 0 Å². The molecule has 0 aliphatic rings. The predicted molar refractivity (Wildman–Crippen MR) is 96.5 cm³/mol. The van der Waals surface area contributed by atoms with E-state index in [2.05, 4.69) is 40.7 Å². The van der Waals surface area contributed by atoms with Crippen LogP contribution in [0.3, 0.4) is 0 Å². The van der Waals surface area contributed by atoms with E-state index in [-0.39, 0.29) is 22.8 Å². The molecule has 2 rings (SSSR count). The maximum Gasteiger partial charge on any atom is 0.119 e. The van der Waals surface area contributed by atoms with Crippen LogP contribution >= 0.6 is 0 Å². The molecule has 0 spiro atoms. The molecule has 1 unspecified atom stereocenters. The molecule has 0 amide bonds. The molecule has 0 heterocycles.